The van der Waals surface area contributed by atoms with E-state index in [1.807, 2.05) is 0 Å². The molecule has 1 fully saturated rings. The topological polar surface area (TPSA) is 32.3 Å². The molecular formula is C14H20N2O. The van der Waals surface area contributed by atoms with Gasteiger partial charge in [0.05, 0.1) is 6.54 Å². The van der Waals surface area contributed by atoms with Gasteiger partial charge in [-0.2, -0.15) is 0 Å². The van der Waals surface area contributed by atoms with E-state index < -0.39 is 0 Å². The molecule has 2 rings (SSSR count). The first kappa shape index (κ1) is 12.1. The van der Waals surface area contributed by atoms with Gasteiger partial charge in [0.1, 0.15) is 0 Å². The minimum atomic E-state index is 0.203. The Morgan fingerprint density at radius 3 is 2.59 bits per heavy atom. The molecule has 17 heavy (non-hydrogen) atoms. The van der Waals surface area contributed by atoms with E-state index in [0.29, 0.717) is 13.0 Å². The number of nitrogens with one attached hydrogen (secondary N) is 1. The zero-order chi connectivity index (χ0) is 12.1. The Bertz CT molecular complexity index is 372. The van der Waals surface area contributed by atoms with Crippen LogP contribution >= 0.6 is 0 Å². The highest BCUT2D eigenvalue weighted by Gasteiger charge is 2.17. The highest BCUT2D eigenvalue weighted by atomic mass is 16.2. The third-order valence-corrected chi connectivity index (χ3v) is 3.07. The number of carbonyl (C=O) groups is 1. The van der Waals surface area contributed by atoms with Gasteiger partial charge in [-0.1, -0.05) is 37.6 Å². The smallest absolute Gasteiger partial charge is 0.237 e. The molecule has 0 atom stereocenters. The molecule has 1 saturated heterocycles. The fourth-order valence-electron chi connectivity index (χ4n) is 2.10. The molecule has 0 aromatic heterocycles. The average molecular weight is 232 g/mol. The molecule has 1 heterocycles. The van der Waals surface area contributed by atoms with Crippen LogP contribution in [-0.2, 0) is 17.8 Å². The van der Waals surface area contributed by atoms with E-state index in [2.05, 4.69) is 36.6 Å². The summed E-state index contributed by atoms with van der Waals surface area (Å²) in [6.45, 7) is 3.76. The number of hydrogen-bond donors (Lipinski definition) is 1. The molecule has 0 radical (unpaired) electrons. The maximum absolute atomic E-state index is 11.6. The summed E-state index contributed by atoms with van der Waals surface area (Å²) < 4.78 is 0. The van der Waals surface area contributed by atoms with Crippen LogP contribution in [0.1, 0.15) is 37.3 Å². The van der Waals surface area contributed by atoms with Crippen molar-refractivity contribution in [3.63, 3.8) is 0 Å². The van der Waals surface area contributed by atoms with Crippen LogP contribution in [0.25, 0.3) is 0 Å². The first-order chi connectivity index (χ1) is 8.29. The Hall–Kier alpha value is -1.35. The Morgan fingerprint density at radius 1 is 1.24 bits per heavy atom. The van der Waals surface area contributed by atoms with E-state index in [9.17, 15) is 4.79 Å². The third-order valence-electron chi connectivity index (χ3n) is 3.07. The summed E-state index contributed by atoms with van der Waals surface area (Å²) in [6.07, 6.45) is 3.92. The summed E-state index contributed by atoms with van der Waals surface area (Å²) in [7, 11) is 0. The lowest BCUT2D eigenvalue weighted by atomic mass is 10.1. The predicted molar refractivity (Wildman–Crippen MR) is 68.2 cm³/mol. The number of benzene rings is 1. The molecular weight excluding hydrogens is 212 g/mol. The lowest BCUT2D eigenvalue weighted by Gasteiger charge is -2.27. The van der Waals surface area contributed by atoms with Gasteiger partial charge in [-0.05, 0) is 24.0 Å². The van der Waals surface area contributed by atoms with Crippen LogP contribution in [-0.4, -0.2) is 17.5 Å². The van der Waals surface area contributed by atoms with Crippen LogP contribution in [0.5, 0.6) is 0 Å². The van der Waals surface area contributed by atoms with Gasteiger partial charge in [0.2, 0.25) is 5.91 Å². The highest BCUT2D eigenvalue weighted by molar-refractivity contribution is 5.76. The number of aryl methyl sites for hydroxylation is 1. The van der Waals surface area contributed by atoms with Crippen LogP contribution < -0.4 is 5.43 Å². The minimum Gasteiger partial charge on any atom is -0.274 e. The molecule has 1 N–H and O–H groups in total. The largest absolute Gasteiger partial charge is 0.274 e. The number of amides is 1. The van der Waals surface area contributed by atoms with Gasteiger partial charge >= 0.3 is 0 Å². The minimum absolute atomic E-state index is 0.203. The number of carbonyl (C=O) groups excluding carboxylic acids is 1. The van der Waals surface area contributed by atoms with E-state index >= 15 is 0 Å². The summed E-state index contributed by atoms with van der Waals surface area (Å²) in [5, 5.41) is 1.73. The summed E-state index contributed by atoms with van der Waals surface area (Å²) in [6, 6.07) is 8.56. The second kappa shape index (κ2) is 5.82. The van der Waals surface area contributed by atoms with Crippen molar-refractivity contribution in [3.05, 3.63) is 35.4 Å². The fourth-order valence-corrected chi connectivity index (χ4v) is 2.10. The Balaban J connectivity index is 1.95. The van der Waals surface area contributed by atoms with Crippen molar-refractivity contribution in [3.8, 4) is 0 Å². The van der Waals surface area contributed by atoms with Crippen molar-refractivity contribution < 1.29 is 4.79 Å². The van der Waals surface area contributed by atoms with Gasteiger partial charge in [0.25, 0.3) is 0 Å². The molecule has 0 unspecified atom stereocenters. The number of nitrogens with zero attached hydrogens (tertiary/aromatic N) is 1. The van der Waals surface area contributed by atoms with Crippen LogP contribution in [0.4, 0.5) is 0 Å². The SMILES string of the molecule is CCCc1ccc(CN2NCCCC2=O)cc1. The normalized spacial score (nSPS) is 16.3. The lowest BCUT2D eigenvalue weighted by Crippen LogP contribution is -2.46. The molecule has 1 amide bonds. The van der Waals surface area contributed by atoms with Crippen LogP contribution in [0, 0.1) is 0 Å². The Labute approximate surface area is 103 Å². The van der Waals surface area contributed by atoms with Gasteiger partial charge < -0.3 is 0 Å². The number of rotatable bonds is 4. The molecule has 1 aromatic carbocycles. The van der Waals surface area contributed by atoms with Crippen molar-refractivity contribution in [2.75, 3.05) is 6.54 Å². The molecule has 3 heteroatoms. The van der Waals surface area contributed by atoms with Crippen molar-refractivity contribution in [1.29, 1.82) is 0 Å². The molecule has 3 nitrogen and oxygen atoms in total. The second-order valence-electron chi connectivity index (χ2n) is 4.56. The highest BCUT2D eigenvalue weighted by Crippen LogP contribution is 2.11. The van der Waals surface area contributed by atoms with E-state index in [1.54, 1.807) is 5.01 Å². The standard InChI is InChI=1S/C14H20N2O/c1-2-4-12-6-8-13(9-7-12)11-16-14(17)5-3-10-15-16/h6-9,15H,2-5,10-11H2,1H3. The van der Waals surface area contributed by atoms with E-state index in [1.165, 1.54) is 17.5 Å². The molecule has 0 bridgehead atoms. The molecule has 1 aliphatic heterocycles. The maximum atomic E-state index is 11.6. The summed E-state index contributed by atoms with van der Waals surface area (Å²) in [5.74, 6) is 0.203. The zero-order valence-corrected chi connectivity index (χ0v) is 10.4. The number of hydrazine groups is 1. The van der Waals surface area contributed by atoms with Crippen molar-refractivity contribution in [2.45, 2.75) is 39.2 Å². The fraction of sp³-hybridized carbons (Fsp3) is 0.500. The van der Waals surface area contributed by atoms with Gasteiger partial charge in [0, 0.05) is 13.0 Å². The van der Waals surface area contributed by atoms with E-state index in [4.69, 9.17) is 0 Å². The predicted octanol–water partition coefficient (Wildman–Crippen LogP) is 2.27. The molecule has 0 saturated carbocycles. The second-order valence-corrected chi connectivity index (χ2v) is 4.56. The van der Waals surface area contributed by atoms with Gasteiger partial charge in [-0.3, -0.25) is 9.80 Å². The molecule has 92 valence electrons. The molecule has 0 spiro atoms. The number of hydrogen-bond acceptors (Lipinski definition) is 2. The van der Waals surface area contributed by atoms with Gasteiger partial charge in [-0.25, -0.2) is 5.43 Å². The van der Waals surface area contributed by atoms with Crippen LogP contribution in [0.3, 0.4) is 0 Å². The lowest BCUT2D eigenvalue weighted by molar-refractivity contribution is -0.137. The van der Waals surface area contributed by atoms with E-state index in [0.717, 1.165) is 19.4 Å². The van der Waals surface area contributed by atoms with E-state index in [-0.39, 0.29) is 5.91 Å². The molecule has 0 aliphatic carbocycles. The Morgan fingerprint density at radius 2 is 1.94 bits per heavy atom. The third kappa shape index (κ3) is 3.30. The summed E-state index contributed by atoms with van der Waals surface area (Å²) >= 11 is 0. The van der Waals surface area contributed by atoms with Crippen LogP contribution in [0.15, 0.2) is 24.3 Å². The first-order valence-electron chi connectivity index (χ1n) is 6.41. The zero-order valence-electron chi connectivity index (χ0n) is 10.4. The van der Waals surface area contributed by atoms with Gasteiger partial charge in [-0.15, -0.1) is 0 Å². The summed E-state index contributed by atoms with van der Waals surface area (Å²) in [5.41, 5.74) is 5.70. The average Bonchev–Trinajstić information content (AvgIpc) is 2.35. The maximum Gasteiger partial charge on any atom is 0.237 e. The quantitative estimate of drug-likeness (QED) is 0.863. The monoisotopic (exact) mass is 232 g/mol. The van der Waals surface area contributed by atoms with Crippen LogP contribution in [0.2, 0.25) is 0 Å². The first-order valence-corrected chi connectivity index (χ1v) is 6.41. The molecule has 1 aliphatic rings. The van der Waals surface area contributed by atoms with Crippen molar-refractivity contribution in [2.24, 2.45) is 0 Å². The summed E-state index contributed by atoms with van der Waals surface area (Å²) in [4.78, 5) is 11.6. The Kier molecular flexibility index (Phi) is 4.15. The van der Waals surface area contributed by atoms with Crippen molar-refractivity contribution >= 4 is 5.91 Å². The molecule has 1 aromatic rings. The van der Waals surface area contributed by atoms with Gasteiger partial charge in [0.15, 0.2) is 0 Å². The van der Waals surface area contributed by atoms with Crippen molar-refractivity contribution in [1.82, 2.24) is 10.4 Å².